The van der Waals surface area contributed by atoms with Gasteiger partial charge in [-0.1, -0.05) is 25.2 Å². The lowest BCUT2D eigenvalue weighted by atomic mass is 10.2. The Morgan fingerprint density at radius 1 is 1.11 bits per heavy atom. The number of carbonyl (C=O) groups is 2. The number of rotatable bonds is 8. The van der Waals surface area contributed by atoms with Crippen LogP contribution in [0.25, 0.3) is 0 Å². The number of benzene rings is 1. The van der Waals surface area contributed by atoms with E-state index < -0.39 is 0 Å². The molecule has 0 saturated heterocycles. The van der Waals surface area contributed by atoms with Crippen molar-refractivity contribution in [1.29, 1.82) is 0 Å². The SMILES string of the molecule is CCN(CC)CCNC(=O)c1ccc(NC(=O)c2sc(=O)[nH]c2C)cc1.Cl. The second-order valence-electron chi connectivity index (χ2n) is 5.78. The van der Waals surface area contributed by atoms with Crippen LogP contribution in [0.5, 0.6) is 0 Å². The van der Waals surface area contributed by atoms with Crippen LogP contribution in [0.3, 0.4) is 0 Å². The summed E-state index contributed by atoms with van der Waals surface area (Å²) in [7, 11) is 0. The molecule has 2 rings (SSSR count). The summed E-state index contributed by atoms with van der Waals surface area (Å²) >= 11 is 0.873. The summed E-state index contributed by atoms with van der Waals surface area (Å²) in [5.74, 6) is -0.489. The number of nitrogens with one attached hydrogen (secondary N) is 3. The van der Waals surface area contributed by atoms with Crippen molar-refractivity contribution in [2.75, 3.05) is 31.5 Å². The van der Waals surface area contributed by atoms with E-state index in [2.05, 4.69) is 34.4 Å². The maximum Gasteiger partial charge on any atom is 0.305 e. The number of aromatic amines is 1. The number of nitrogens with zero attached hydrogens (tertiary/aromatic N) is 1. The Morgan fingerprint density at radius 2 is 1.74 bits per heavy atom. The van der Waals surface area contributed by atoms with Crippen molar-refractivity contribution >= 4 is 41.2 Å². The average molecular weight is 413 g/mol. The van der Waals surface area contributed by atoms with Crippen LogP contribution in [0.15, 0.2) is 29.1 Å². The fourth-order valence-corrected chi connectivity index (χ4v) is 3.22. The van der Waals surface area contributed by atoms with Crippen molar-refractivity contribution in [3.63, 3.8) is 0 Å². The molecule has 27 heavy (non-hydrogen) atoms. The van der Waals surface area contributed by atoms with Crippen LogP contribution >= 0.6 is 23.7 Å². The molecule has 0 spiro atoms. The number of aromatic nitrogens is 1. The van der Waals surface area contributed by atoms with E-state index in [0.29, 0.717) is 28.4 Å². The molecule has 3 N–H and O–H groups in total. The first-order valence-electron chi connectivity index (χ1n) is 8.56. The zero-order chi connectivity index (χ0) is 19.1. The van der Waals surface area contributed by atoms with Crippen molar-refractivity contribution in [1.82, 2.24) is 15.2 Å². The molecule has 0 aliphatic rings. The molecule has 0 aliphatic heterocycles. The van der Waals surface area contributed by atoms with Gasteiger partial charge in [0, 0.05) is 30.0 Å². The molecular formula is C18H25ClN4O3S. The van der Waals surface area contributed by atoms with Gasteiger partial charge >= 0.3 is 4.87 Å². The number of H-pyrrole nitrogens is 1. The lowest BCUT2D eigenvalue weighted by Gasteiger charge is -2.17. The lowest BCUT2D eigenvalue weighted by molar-refractivity contribution is 0.0948. The molecular weight excluding hydrogens is 388 g/mol. The average Bonchev–Trinajstić information content (AvgIpc) is 2.97. The fraction of sp³-hybridized carbons (Fsp3) is 0.389. The maximum atomic E-state index is 12.2. The molecule has 0 unspecified atom stereocenters. The standard InChI is InChI=1S/C18H24N4O3S.ClH/c1-4-22(5-2)11-10-19-16(23)13-6-8-14(9-7-13)21-17(24)15-12(3)20-18(25)26-15;/h6-9H,4-5,10-11H2,1-3H3,(H,19,23)(H,20,25)(H,21,24);1H. The highest BCUT2D eigenvalue weighted by atomic mass is 35.5. The van der Waals surface area contributed by atoms with Gasteiger partial charge in [-0.2, -0.15) is 0 Å². The molecule has 2 amide bonds. The van der Waals surface area contributed by atoms with Crippen molar-refractivity contribution in [2.24, 2.45) is 0 Å². The van der Waals surface area contributed by atoms with Crippen LogP contribution in [-0.2, 0) is 0 Å². The van der Waals surface area contributed by atoms with Crippen LogP contribution in [-0.4, -0.2) is 47.9 Å². The van der Waals surface area contributed by atoms with E-state index in [1.165, 1.54) is 0 Å². The van der Waals surface area contributed by atoms with Gasteiger partial charge in [-0.05, 0) is 44.3 Å². The molecule has 1 aromatic heterocycles. The summed E-state index contributed by atoms with van der Waals surface area (Å²) in [4.78, 5) is 40.5. The van der Waals surface area contributed by atoms with E-state index in [1.807, 2.05) is 0 Å². The number of halogens is 1. The number of anilines is 1. The molecule has 1 aromatic carbocycles. The minimum absolute atomic E-state index is 0. The van der Waals surface area contributed by atoms with E-state index in [1.54, 1.807) is 31.2 Å². The monoisotopic (exact) mass is 412 g/mol. The first-order valence-corrected chi connectivity index (χ1v) is 9.37. The molecule has 1 heterocycles. The molecule has 148 valence electrons. The van der Waals surface area contributed by atoms with E-state index >= 15 is 0 Å². The molecule has 9 heteroatoms. The van der Waals surface area contributed by atoms with Gasteiger partial charge in [0.2, 0.25) is 0 Å². The van der Waals surface area contributed by atoms with Crippen LogP contribution in [0, 0.1) is 6.92 Å². The second kappa shape index (κ2) is 10.9. The Morgan fingerprint density at radius 3 is 2.26 bits per heavy atom. The summed E-state index contributed by atoms with van der Waals surface area (Å²) in [6, 6.07) is 6.66. The van der Waals surface area contributed by atoms with Crippen LogP contribution < -0.4 is 15.5 Å². The first-order chi connectivity index (χ1) is 12.4. The predicted octanol–water partition coefficient (Wildman–Crippen LogP) is 2.49. The zero-order valence-corrected chi connectivity index (χ0v) is 17.3. The van der Waals surface area contributed by atoms with Gasteiger partial charge in [0.25, 0.3) is 11.8 Å². The minimum atomic E-state index is -0.345. The van der Waals surface area contributed by atoms with Crippen LogP contribution in [0.4, 0.5) is 5.69 Å². The van der Waals surface area contributed by atoms with Gasteiger partial charge in [-0.25, -0.2) is 0 Å². The van der Waals surface area contributed by atoms with Crippen LogP contribution in [0.2, 0.25) is 0 Å². The molecule has 0 bridgehead atoms. The number of thiazole rings is 1. The molecule has 0 aliphatic carbocycles. The van der Waals surface area contributed by atoms with Crippen LogP contribution in [0.1, 0.15) is 39.6 Å². The Hall–Kier alpha value is -2.16. The van der Waals surface area contributed by atoms with E-state index in [-0.39, 0.29) is 29.1 Å². The Kier molecular flexibility index (Phi) is 9.20. The number of aryl methyl sites for hydroxylation is 1. The lowest BCUT2D eigenvalue weighted by Crippen LogP contribution is -2.34. The van der Waals surface area contributed by atoms with Gasteiger partial charge in [0.15, 0.2) is 0 Å². The molecule has 0 saturated carbocycles. The highest BCUT2D eigenvalue weighted by Crippen LogP contribution is 2.14. The summed E-state index contributed by atoms with van der Waals surface area (Å²) in [5, 5.41) is 5.62. The summed E-state index contributed by atoms with van der Waals surface area (Å²) in [5.41, 5.74) is 1.64. The minimum Gasteiger partial charge on any atom is -0.351 e. The third-order valence-corrected chi connectivity index (χ3v) is 5.03. The van der Waals surface area contributed by atoms with E-state index in [0.717, 1.165) is 31.0 Å². The first kappa shape index (κ1) is 22.9. The number of hydrogen-bond acceptors (Lipinski definition) is 5. The summed E-state index contributed by atoms with van der Waals surface area (Å²) < 4.78 is 0. The third-order valence-electron chi connectivity index (χ3n) is 4.04. The number of likely N-dealkylation sites (N-methyl/N-ethyl adjacent to an activating group) is 1. The van der Waals surface area contributed by atoms with E-state index in [9.17, 15) is 14.4 Å². The number of hydrogen-bond donors (Lipinski definition) is 3. The van der Waals surface area contributed by atoms with Gasteiger partial charge in [0.05, 0.1) is 0 Å². The molecule has 7 nitrogen and oxygen atoms in total. The smallest absolute Gasteiger partial charge is 0.305 e. The largest absolute Gasteiger partial charge is 0.351 e. The molecule has 0 atom stereocenters. The Labute approximate surface area is 168 Å². The number of carbonyl (C=O) groups excluding carboxylic acids is 2. The van der Waals surface area contributed by atoms with E-state index in [4.69, 9.17) is 0 Å². The predicted molar refractivity (Wildman–Crippen MR) is 111 cm³/mol. The fourth-order valence-electron chi connectivity index (χ4n) is 2.48. The molecule has 0 radical (unpaired) electrons. The second-order valence-corrected chi connectivity index (χ2v) is 6.77. The Bertz CT molecular complexity index is 813. The maximum absolute atomic E-state index is 12.2. The van der Waals surface area contributed by atoms with Gasteiger partial charge < -0.3 is 20.5 Å². The van der Waals surface area contributed by atoms with Gasteiger partial charge in [-0.3, -0.25) is 14.4 Å². The van der Waals surface area contributed by atoms with Crippen molar-refractivity contribution in [2.45, 2.75) is 20.8 Å². The third kappa shape index (κ3) is 6.50. The molecule has 2 aromatic rings. The number of amides is 2. The summed E-state index contributed by atoms with van der Waals surface area (Å²) in [6.45, 7) is 9.17. The van der Waals surface area contributed by atoms with Crippen molar-refractivity contribution in [3.05, 3.63) is 50.1 Å². The molecule has 0 fully saturated rings. The normalized spacial score (nSPS) is 10.4. The Balaban J connectivity index is 0.00000364. The highest BCUT2D eigenvalue weighted by Gasteiger charge is 2.14. The summed E-state index contributed by atoms with van der Waals surface area (Å²) in [6.07, 6.45) is 0. The van der Waals surface area contributed by atoms with Gasteiger partial charge in [0.1, 0.15) is 4.88 Å². The highest BCUT2D eigenvalue weighted by molar-refractivity contribution is 7.11. The van der Waals surface area contributed by atoms with Crippen molar-refractivity contribution < 1.29 is 9.59 Å². The topological polar surface area (TPSA) is 94.3 Å². The van der Waals surface area contributed by atoms with Crippen molar-refractivity contribution in [3.8, 4) is 0 Å². The van der Waals surface area contributed by atoms with Gasteiger partial charge in [-0.15, -0.1) is 12.4 Å². The zero-order valence-electron chi connectivity index (χ0n) is 15.6. The quantitative estimate of drug-likeness (QED) is 0.620.